The summed E-state index contributed by atoms with van der Waals surface area (Å²) in [6.07, 6.45) is 0. The molecule has 0 spiro atoms. The third-order valence-electron chi connectivity index (χ3n) is 2.58. The average Bonchev–Trinajstić information content (AvgIpc) is 2.39. The summed E-state index contributed by atoms with van der Waals surface area (Å²) in [5.41, 5.74) is 6.11. The van der Waals surface area contributed by atoms with E-state index in [0.717, 1.165) is 10.2 Å². The minimum Gasteiger partial charge on any atom is -0.494 e. The third kappa shape index (κ3) is 3.51. The summed E-state index contributed by atoms with van der Waals surface area (Å²) in [4.78, 5) is 0. The fraction of sp³-hybridized carbons (Fsp3) is 0.133. The molecule has 20 heavy (non-hydrogen) atoms. The molecule has 0 unspecified atom stereocenters. The van der Waals surface area contributed by atoms with Crippen LogP contribution in [0.25, 0.3) is 0 Å². The lowest BCUT2D eigenvalue weighted by molar-refractivity contribution is 0.338. The van der Waals surface area contributed by atoms with Gasteiger partial charge in [0, 0.05) is 10.5 Å². The zero-order valence-electron chi connectivity index (χ0n) is 11.0. The topological polar surface area (TPSA) is 68.3 Å². The fourth-order valence-electron chi connectivity index (χ4n) is 1.72. The normalized spacial score (nSPS) is 10.1. The Balaban J connectivity index is 2.31. The van der Waals surface area contributed by atoms with E-state index in [2.05, 4.69) is 15.9 Å². The Morgan fingerprint density at radius 1 is 1.20 bits per heavy atom. The number of ether oxygens (including phenoxy) is 2. The van der Waals surface area contributed by atoms with Crippen molar-refractivity contribution in [1.82, 2.24) is 0 Å². The lowest BCUT2D eigenvalue weighted by atomic mass is 10.2. The van der Waals surface area contributed by atoms with Crippen LogP contribution in [-0.2, 0) is 0 Å². The number of benzene rings is 2. The number of hydrogen-bond acceptors (Lipinski definition) is 3. The maximum atomic E-state index is 7.58. The number of amidine groups is 1. The number of nitrogen functional groups attached to an aromatic ring is 1. The van der Waals surface area contributed by atoms with Crippen LogP contribution in [0.1, 0.15) is 12.5 Å². The van der Waals surface area contributed by atoms with Gasteiger partial charge < -0.3 is 15.2 Å². The first-order valence-corrected chi connectivity index (χ1v) is 6.94. The zero-order chi connectivity index (χ0) is 14.5. The Morgan fingerprint density at radius 2 is 1.95 bits per heavy atom. The number of hydrogen-bond donors (Lipinski definition) is 2. The molecule has 0 aliphatic carbocycles. The summed E-state index contributed by atoms with van der Waals surface area (Å²) < 4.78 is 12.1. The van der Waals surface area contributed by atoms with E-state index in [1.54, 1.807) is 18.2 Å². The molecule has 2 rings (SSSR count). The van der Waals surface area contributed by atoms with Crippen LogP contribution in [-0.4, -0.2) is 12.4 Å². The van der Waals surface area contributed by atoms with E-state index >= 15 is 0 Å². The molecule has 0 heterocycles. The Kier molecular flexibility index (Phi) is 4.63. The first kappa shape index (κ1) is 14.4. The molecule has 3 N–H and O–H groups in total. The second-order valence-corrected chi connectivity index (χ2v) is 4.98. The molecule has 0 atom stereocenters. The van der Waals surface area contributed by atoms with Crippen molar-refractivity contribution in [3.63, 3.8) is 0 Å². The number of rotatable bonds is 5. The van der Waals surface area contributed by atoms with Crippen molar-refractivity contribution < 1.29 is 9.47 Å². The van der Waals surface area contributed by atoms with Gasteiger partial charge in [0.15, 0.2) is 0 Å². The molecule has 0 aliphatic rings. The van der Waals surface area contributed by atoms with E-state index in [0.29, 0.717) is 23.7 Å². The van der Waals surface area contributed by atoms with Crippen LogP contribution in [0, 0.1) is 5.41 Å². The van der Waals surface area contributed by atoms with Gasteiger partial charge in [-0.25, -0.2) is 0 Å². The van der Waals surface area contributed by atoms with Gasteiger partial charge in [0.05, 0.1) is 12.2 Å². The molecule has 0 saturated heterocycles. The summed E-state index contributed by atoms with van der Waals surface area (Å²) in [6.45, 7) is 2.52. The van der Waals surface area contributed by atoms with E-state index in [1.165, 1.54) is 0 Å². The van der Waals surface area contributed by atoms with Crippen LogP contribution in [0.15, 0.2) is 46.9 Å². The minimum atomic E-state index is -0.0338. The van der Waals surface area contributed by atoms with Crippen LogP contribution in [0.5, 0.6) is 17.2 Å². The highest BCUT2D eigenvalue weighted by molar-refractivity contribution is 9.10. The van der Waals surface area contributed by atoms with Gasteiger partial charge in [-0.05, 0) is 37.3 Å². The summed E-state index contributed by atoms with van der Waals surface area (Å²) in [5.74, 6) is 1.87. The predicted octanol–water partition coefficient (Wildman–Crippen LogP) is 3.92. The minimum absolute atomic E-state index is 0.0338. The molecular weight excluding hydrogens is 320 g/mol. The maximum absolute atomic E-state index is 7.58. The van der Waals surface area contributed by atoms with Gasteiger partial charge in [-0.15, -0.1) is 0 Å². The van der Waals surface area contributed by atoms with Crippen LogP contribution >= 0.6 is 15.9 Å². The molecule has 2 aromatic rings. The van der Waals surface area contributed by atoms with E-state index in [9.17, 15) is 0 Å². The Bertz CT molecular complexity index is 629. The van der Waals surface area contributed by atoms with Gasteiger partial charge in [0.1, 0.15) is 23.1 Å². The molecular formula is C15H15BrN2O2. The van der Waals surface area contributed by atoms with Gasteiger partial charge in [0.2, 0.25) is 0 Å². The third-order valence-corrected chi connectivity index (χ3v) is 3.07. The molecule has 4 nitrogen and oxygen atoms in total. The number of halogens is 1. The lowest BCUT2D eigenvalue weighted by Gasteiger charge is -2.12. The highest BCUT2D eigenvalue weighted by Crippen LogP contribution is 2.30. The molecule has 2 aromatic carbocycles. The van der Waals surface area contributed by atoms with Crippen molar-refractivity contribution in [2.45, 2.75) is 6.92 Å². The Morgan fingerprint density at radius 3 is 2.65 bits per heavy atom. The second kappa shape index (κ2) is 6.43. The molecule has 0 fully saturated rings. The highest BCUT2D eigenvalue weighted by atomic mass is 79.9. The van der Waals surface area contributed by atoms with Gasteiger partial charge >= 0.3 is 0 Å². The summed E-state index contributed by atoms with van der Waals surface area (Å²) >= 11 is 3.38. The van der Waals surface area contributed by atoms with Crippen LogP contribution in [0.2, 0.25) is 0 Å². The monoisotopic (exact) mass is 334 g/mol. The average molecular weight is 335 g/mol. The number of nitrogens with two attached hydrogens (primary N) is 1. The van der Waals surface area contributed by atoms with Crippen molar-refractivity contribution >= 4 is 21.8 Å². The molecule has 0 aliphatic heterocycles. The van der Waals surface area contributed by atoms with E-state index in [-0.39, 0.29) is 5.84 Å². The largest absolute Gasteiger partial charge is 0.494 e. The Hall–Kier alpha value is -2.01. The molecule has 104 valence electrons. The molecule has 0 radical (unpaired) electrons. The lowest BCUT2D eigenvalue weighted by Crippen LogP contribution is -2.12. The van der Waals surface area contributed by atoms with Crippen LogP contribution in [0.4, 0.5) is 0 Å². The molecule has 0 saturated carbocycles. The van der Waals surface area contributed by atoms with Crippen LogP contribution < -0.4 is 15.2 Å². The first-order valence-electron chi connectivity index (χ1n) is 6.15. The first-order chi connectivity index (χ1) is 9.60. The summed E-state index contributed by atoms with van der Waals surface area (Å²) in [6, 6.07) is 12.7. The van der Waals surface area contributed by atoms with Crippen molar-refractivity contribution in [3.8, 4) is 17.2 Å². The highest BCUT2D eigenvalue weighted by Gasteiger charge is 2.09. The van der Waals surface area contributed by atoms with Gasteiger partial charge in [-0.3, -0.25) is 5.41 Å². The molecule has 0 aromatic heterocycles. The standard InChI is InChI=1S/C15H15BrN2O2/c1-2-19-11-4-3-5-12(9-11)20-14-8-10(16)6-7-13(14)15(17)18/h3-9H,2H2,1H3,(H3,17,18). The van der Waals surface area contributed by atoms with Gasteiger partial charge in [-0.2, -0.15) is 0 Å². The second-order valence-electron chi connectivity index (χ2n) is 4.06. The predicted molar refractivity (Wildman–Crippen MR) is 82.8 cm³/mol. The summed E-state index contributed by atoms with van der Waals surface area (Å²) in [7, 11) is 0. The van der Waals surface area contributed by atoms with Crippen molar-refractivity contribution in [2.24, 2.45) is 5.73 Å². The Labute approximate surface area is 126 Å². The smallest absolute Gasteiger partial charge is 0.139 e. The van der Waals surface area contributed by atoms with Crippen molar-refractivity contribution in [2.75, 3.05) is 6.61 Å². The molecule has 0 bridgehead atoms. The van der Waals surface area contributed by atoms with E-state index in [4.69, 9.17) is 20.6 Å². The fourth-order valence-corrected chi connectivity index (χ4v) is 2.06. The zero-order valence-corrected chi connectivity index (χ0v) is 12.6. The van der Waals surface area contributed by atoms with E-state index < -0.39 is 0 Å². The summed E-state index contributed by atoms with van der Waals surface area (Å²) in [5, 5.41) is 7.58. The van der Waals surface area contributed by atoms with Crippen molar-refractivity contribution in [1.29, 1.82) is 5.41 Å². The maximum Gasteiger partial charge on any atom is 0.139 e. The van der Waals surface area contributed by atoms with Crippen molar-refractivity contribution in [3.05, 3.63) is 52.5 Å². The molecule has 0 amide bonds. The van der Waals surface area contributed by atoms with E-state index in [1.807, 2.05) is 31.2 Å². The SMILES string of the molecule is CCOc1cccc(Oc2cc(Br)ccc2C(=N)N)c1. The quantitative estimate of drug-likeness (QED) is 0.643. The van der Waals surface area contributed by atoms with Gasteiger partial charge in [-0.1, -0.05) is 22.0 Å². The molecule has 5 heteroatoms. The van der Waals surface area contributed by atoms with Gasteiger partial charge in [0.25, 0.3) is 0 Å². The number of nitrogens with one attached hydrogen (secondary N) is 1. The van der Waals surface area contributed by atoms with Crippen LogP contribution in [0.3, 0.4) is 0 Å².